The van der Waals surface area contributed by atoms with Gasteiger partial charge in [-0.05, 0) is 48.8 Å². The van der Waals surface area contributed by atoms with Gasteiger partial charge in [-0.1, -0.05) is 6.07 Å². The molecule has 0 aromatic heterocycles. The topological polar surface area (TPSA) is 42.2 Å². The van der Waals surface area contributed by atoms with Gasteiger partial charge in [0.15, 0.2) is 11.5 Å². The number of nitriles is 1. The molecule has 1 spiro atoms. The average molecular weight is 241 g/mol. The Kier molecular flexibility index (Phi) is 1.82. The van der Waals surface area contributed by atoms with E-state index in [1.54, 1.807) is 0 Å². The van der Waals surface area contributed by atoms with Crippen LogP contribution in [0.1, 0.15) is 31.2 Å². The van der Waals surface area contributed by atoms with Gasteiger partial charge in [-0.15, -0.1) is 0 Å². The maximum absolute atomic E-state index is 9.53. The molecule has 3 nitrogen and oxygen atoms in total. The minimum absolute atomic E-state index is 0.271. The van der Waals surface area contributed by atoms with Crippen LogP contribution in [-0.4, -0.2) is 13.2 Å². The van der Waals surface area contributed by atoms with E-state index >= 15 is 0 Å². The zero-order valence-corrected chi connectivity index (χ0v) is 10.2. The van der Waals surface area contributed by atoms with Crippen molar-refractivity contribution in [2.45, 2.75) is 31.1 Å². The van der Waals surface area contributed by atoms with Crippen LogP contribution < -0.4 is 9.47 Å². The first-order valence-corrected chi connectivity index (χ1v) is 6.57. The summed E-state index contributed by atoms with van der Waals surface area (Å²) in [6.45, 7) is 1.21. The molecule has 0 radical (unpaired) electrons. The normalized spacial score (nSPS) is 25.1. The fourth-order valence-electron chi connectivity index (χ4n) is 3.45. The highest BCUT2D eigenvalue weighted by Gasteiger charge is 2.62. The molecule has 1 aromatic rings. The van der Waals surface area contributed by atoms with E-state index in [-0.39, 0.29) is 5.41 Å². The number of hydrogen-bond donors (Lipinski definition) is 0. The van der Waals surface area contributed by atoms with Crippen LogP contribution in [0.2, 0.25) is 0 Å². The lowest BCUT2D eigenvalue weighted by atomic mass is 9.57. The van der Waals surface area contributed by atoms with Gasteiger partial charge in [-0.25, -0.2) is 0 Å². The number of rotatable bonds is 1. The largest absolute Gasteiger partial charge is 0.486 e. The molecule has 0 bridgehead atoms. The molecule has 0 unspecified atom stereocenters. The molecule has 2 saturated carbocycles. The molecule has 0 saturated heterocycles. The highest BCUT2D eigenvalue weighted by molar-refractivity contribution is 5.49. The molecule has 4 rings (SSSR count). The van der Waals surface area contributed by atoms with E-state index in [9.17, 15) is 5.26 Å². The van der Waals surface area contributed by atoms with E-state index in [1.807, 2.05) is 18.2 Å². The first-order valence-electron chi connectivity index (χ1n) is 6.57. The standard InChI is InChI=1S/C15H15NO2/c16-10-15(8-14(9-15)3-4-14)11-1-2-12-13(7-11)18-6-5-17-12/h1-2,7H,3-6,8-9H2. The quantitative estimate of drug-likeness (QED) is 0.759. The second kappa shape index (κ2) is 3.20. The first-order chi connectivity index (χ1) is 8.75. The summed E-state index contributed by atoms with van der Waals surface area (Å²) in [7, 11) is 0. The van der Waals surface area contributed by atoms with Crippen molar-refractivity contribution in [3.8, 4) is 17.6 Å². The summed E-state index contributed by atoms with van der Waals surface area (Å²) in [5.41, 5.74) is 1.35. The summed E-state index contributed by atoms with van der Waals surface area (Å²) in [5.74, 6) is 1.60. The Bertz CT molecular complexity index is 546. The smallest absolute Gasteiger partial charge is 0.161 e. The van der Waals surface area contributed by atoms with Crippen molar-refractivity contribution in [3.63, 3.8) is 0 Å². The number of ether oxygens (including phenoxy) is 2. The van der Waals surface area contributed by atoms with Gasteiger partial charge < -0.3 is 9.47 Å². The highest BCUT2D eigenvalue weighted by atomic mass is 16.6. The summed E-state index contributed by atoms with van der Waals surface area (Å²) < 4.78 is 11.1. The van der Waals surface area contributed by atoms with Crippen molar-refractivity contribution in [3.05, 3.63) is 23.8 Å². The molecule has 3 aliphatic rings. The summed E-state index contributed by atoms with van der Waals surface area (Å²) in [6.07, 6.45) is 4.66. The fraction of sp³-hybridized carbons (Fsp3) is 0.533. The number of benzene rings is 1. The third kappa shape index (κ3) is 1.29. The van der Waals surface area contributed by atoms with Gasteiger partial charge >= 0.3 is 0 Å². The second-order valence-electron chi connectivity index (χ2n) is 5.91. The van der Waals surface area contributed by atoms with E-state index in [4.69, 9.17) is 9.47 Å². The molecule has 0 amide bonds. The minimum atomic E-state index is -0.271. The SMILES string of the molecule is N#CC1(c2ccc3c(c2)OCCO3)CC2(CC2)C1. The summed E-state index contributed by atoms with van der Waals surface area (Å²) >= 11 is 0. The molecule has 18 heavy (non-hydrogen) atoms. The molecule has 1 aromatic carbocycles. The molecule has 2 fully saturated rings. The molecule has 3 heteroatoms. The van der Waals surface area contributed by atoms with E-state index < -0.39 is 0 Å². The predicted octanol–water partition coefficient (Wildman–Crippen LogP) is 2.79. The van der Waals surface area contributed by atoms with Gasteiger partial charge in [-0.2, -0.15) is 5.26 Å². The molecule has 0 N–H and O–H groups in total. The van der Waals surface area contributed by atoms with Gasteiger partial charge in [-0.3, -0.25) is 0 Å². The Morgan fingerprint density at radius 3 is 2.44 bits per heavy atom. The summed E-state index contributed by atoms with van der Waals surface area (Å²) in [5, 5.41) is 9.53. The fourth-order valence-corrected chi connectivity index (χ4v) is 3.45. The maximum atomic E-state index is 9.53. The van der Waals surface area contributed by atoms with Gasteiger partial charge in [0.05, 0.1) is 11.5 Å². The Morgan fingerprint density at radius 1 is 1.06 bits per heavy atom. The Hall–Kier alpha value is -1.69. The van der Waals surface area contributed by atoms with Gasteiger partial charge in [0.1, 0.15) is 13.2 Å². The minimum Gasteiger partial charge on any atom is -0.486 e. The monoisotopic (exact) mass is 241 g/mol. The molecule has 0 atom stereocenters. The Balaban J connectivity index is 1.70. The van der Waals surface area contributed by atoms with Gasteiger partial charge in [0.25, 0.3) is 0 Å². The summed E-state index contributed by atoms with van der Waals surface area (Å²) in [4.78, 5) is 0. The van der Waals surface area contributed by atoms with Crippen molar-refractivity contribution in [1.29, 1.82) is 5.26 Å². The van der Waals surface area contributed by atoms with Crippen LogP contribution >= 0.6 is 0 Å². The lowest BCUT2D eigenvalue weighted by molar-refractivity contribution is 0.162. The van der Waals surface area contributed by atoms with Gasteiger partial charge in [0.2, 0.25) is 0 Å². The zero-order chi connectivity index (χ0) is 12.2. The van der Waals surface area contributed by atoms with Crippen molar-refractivity contribution < 1.29 is 9.47 Å². The third-order valence-electron chi connectivity index (χ3n) is 4.62. The van der Waals surface area contributed by atoms with Crippen LogP contribution in [-0.2, 0) is 5.41 Å². The van der Waals surface area contributed by atoms with Crippen LogP contribution in [0.15, 0.2) is 18.2 Å². The molecule has 92 valence electrons. The number of fused-ring (bicyclic) bond motifs is 1. The third-order valence-corrected chi connectivity index (χ3v) is 4.62. The van der Waals surface area contributed by atoms with Crippen molar-refractivity contribution in [2.24, 2.45) is 5.41 Å². The van der Waals surface area contributed by atoms with Crippen molar-refractivity contribution >= 4 is 0 Å². The summed E-state index contributed by atoms with van der Waals surface area (Å²) in [6, 6.07) is 8.52. The predicted molar refractivity (Wildman–Crippen MR) is 65.6 cm³/mol. The number of nitrogens with zero attached hydrogens (tertiary/aromatic N) is 1. The van der Waals surface area contributed by atoms with Crippen LogP contribution in [0.4, 0.5) is 0 Å². The highest BCUT2D eigenvalue weighted by Crippen LogP contribution is 2.68. The van der Waals surface area contributed by atoms with Crippen molar-refractivity contribution in [2.75, 3.05) is 13.2 Å². The first kappa shape index (κ1) is 10.3. The van der Waals surface area contributed by atoms with E-state index in [1.165, 1.54) is 12.8 Å². The molecular formula is C15H15NO2. The Labute approximate surface area is 106 Å². The molecule has 1 heterocycles. The van der Waals surface area contributed by atoms with E-state index in [0.29, 0.717) is 18.6 Å². The Morgan fingerprint density at radius 2 is 1.78 bits per heavy atom. The molecular weight excluding hydrogens is 226 g/mol. The zero-order valence-electron chi connectivity index (χ0n) is 10.2. The van der Waals surface area contributed by atoms with E-state index in [0.717, 1.165) is 29.9 Å². The van der Waals surface area contributed by atoms with E-state index in [2.05, 4.69) is 6.07 Å². The van der Waals surface area contributed by atoms with Crippen molar-refractivity contribution in [1.82, 2.24) is 0 Å². The lowest BCUT2D eigenvalue weighted by Gasteiger charge is -2.44. The lowest BCUT2D eigenvalue weighted by Crippen LogP contribution is -2.41. The van der Waals surface area contributed by atoms with Gasteiger partial charge in [0, 0.05) is 0 Å². The maximum Gasteiger partial charge on any atom is 0.161 e. The number of hydrogen-bond acceptors (Lipinski definition) is 3. The average Bonchev–Trinajstić information content (AvgIpc) is 3.16. The molecule has 2 aliphatic carbocycles. The van der Waals surface area contributed by atoms with Crippen LogP contribution in [0, 0.1) is 16.7 Å². The van der Waals surface area contributed by atoms with Crippen LogP contribution in [0.25, 0.3) is 0 Å². The van der Waals surface area contributed by atoms with Crippen LogP contribution in [0.5, 0.6) is 11.5 Å². The van der Waals surface area contributed by atoms with Crippen LogP contribution in [0.3, 0.4) is 0 Å². The second-order valence-corrected chi connectivity index (χ2v) is 5.91. The molecule has 1 aliphatic heterocycles.